The predicted octanol–water partition coefficient (Wildman–Crippen LogP) is 2.88. The van der Waals surface area contributed by atoms with Crippen molar-refractivity contribution in [2.24, 2.45) is 0 Å². The van der Waals surface area contributed by atoms with Crippen molar-refractivity contribution in [2.45, 2.75) is 5.75 Å². The van der Waals surface area contributed by atoms with Crippen LogP contribution in [0.1, 0.15) is 5.56 Å². The minimum absolute atomic E-state index is 0.316. The molecule has 8 heteroatoms. The molecule has 1 N–H and O–H groups in total. The van der Waals surface area contributed by atoms with Gasteiger partial charge in [0.25, 0.3) is 0 Å². The second-order valence-electron chi connectivity index (χ2n) is 5.17. The zero-order valence-electron chi connectivity index (χ0n) is 12.9. The highest BCUT2D eigenvalue weighted by molar-refractivity contribution is 7.88. The summed E-state index contributed by atoms with van der Waals surface area (Å²) in [5.41, 5.74) is 0.850. The van der Waals surface area contributed by atoms with Crippen LogP contribution in [0, 0.1) is 5.82 Å². The fraction of sp³-hybridized carbons (Fsp3) is 0.188. The normalized spacial score (nSPS) is 11.5. The van der Waals surface area contributed by atoms with Gasteiger partial charge in [0.2, 0.25) is 15.9 Å². The van der Waals surface area contributed by atoms with E-state index in [1.807, 2.05) is 0 Å². The van der Waals surface area contributed by atoms with E-state index in [-0.39, 0.29) is 12.3 Å². The van der Waals surface area contributed by atoms with E-state index in [0.717, 1.165) is 4.31 Å². The van der Waals surface area contributed by atoms with E-state index in [1.54, 1.807) is 24.3 Å². The molecule has 5 nitrogen and oxygen atoms in total. The molecule has 2 aromatic rings. The van der Waals surface area contributed by atoms with E-state index in [4.69, 9.17) is 11.6 Å². The van der Waals surface area contributed by atoms with Crippen LogP contribution >= 0.6 is 11.6 Å². The molecule has 0 fully saturated rings. The fourth-order valence-electron chi connectivity index (χ4n) is 1.95. The highest BCUT2D eigenvalue weighted by Gasteiger charge is 2.21. The lowest BCUT2D eigenvalue weighted by atomic mass is 10.2. The van der Waals surface area contributed by atoms with E-state index in [2.05, 4.69) is 5.32 Å². The van der Waals surface area contributed by atoms with Gasteiger partial charge in [-0.2, -0.15) is 4.31 Å². The molecule has 128 valence electrons. The van der Waals surface area contributed by atoms with E-state index in [9.17, 15) is 17.6 Å². The molecule has 0 bridgehead atoms. The van der Waals surface area contributed by atoms with Gasteiger partial charge in [-0.25, -0.2) is 12.8 Å². The van der Waals surface area contributed by atoms with Crippen molar-refractivity contribution in [1.82, 2.24) is 4.31 Å². The highest BCUT2D eigenvalue weighted by Crippen LogP contribution is 2.20. The molecule has 0 aliphatic heterocycles. The fourth-order valence-corrected chi connectivity index (χ4v) is 3.29. The molecule has 0 spiro atoms. The Bertz CT molecular complexity index is 825. The molecule has 2 rings (SSSR count). The van der Waals surface area contributed by atoms with Gasteiger partial charge in [-0.15, -0.1) is 0 Å². The second-order valence-corrected chi connectivity index (χ2v) is 7.65. The zero-order chi connectivity index (χ0) is 17.7. The average Bonchev–Trinajstić information content (AvgIpc) is 2.51. The van der Waals surface area contributed by atoms with Crippen LogP contribution in [0.15, 0.2) is 48.5 Å². The number of anilines is 1. The summed E-state index contributed by atoms with van der Waals surface area (Å²) in [6, 6.07) is 11.8. The first-order chi connectivity index (χ1) is 11.3. The van der Waals surface area contributed by atoms with Crippen molar-refractivity contribution in [3.05, 3.63) is 64.9 Å². The monoisotopic (exact) mass is 370 g/mol. The number of likely N-dealkylation sites (N-methyl/N-ethyl adjacent to an activating group) is 1. The molecular formula is C16H16ClFN2O3S. The van der Waals surface area contributed by atoms with Gasteiger partial charge in [-0.1, -0.05) is 35.9 Å². The number of sulfonamides is 1. The maximum absolute atomic E-state index is 12.9. The molecule has 0 atom stereocenters. The Kier molecular flexibility index (Phi) is 5.93. The number of nitrogens with zero attached hydrogens (tertiary/aromatic N) is 1. The molecule has 24 heavy (non-hydrogen) atoms. The molecule has 1 amide bonds. The molecule has 0 radical (unpaired) electrons. The molecule has 0 saturated heterocycles. The largest absolute Gasteiger partial charge is 0.324 e. The molecule has 0 aromatic heterocycles. The summed E-state index contributed by atoms with van der Waals surface area (Å²) in [7, 11) is -2.40. The highest BCUT2D eigenvalue weighted by atomic mass is 35.5. The number of rotatable bonds is 6. The van der Waals surface area contributed by atoms with E-state index < -0.39 is 21.7 Å². The molecule has 0 heterocycles. The van der Waals surface area contributed by atoms with Crippen molar-refractivity contribution in [2.75, 3.05) is 18.9 Å². The van der Waals surface area contributed by atoms with Crippen LogP contribution in [0.25, 0.3) is 0 Å². The van der Waals surface area contributed by atoms with Crippen molar-refractivity contribution < 1.29 is 17.6 Å². The first kappa shape index (κ1) is 18.4. The van der Waals surface area contributed by atoms with Gasteiger partial charge in [0.05, 0.1) is 23.0 Å². The lowest BCUT2D eigenvalue weighted by Gasteiger charge is -2.17. The Balaban J connectivity index is 1.99. The number of nitrogens with one attached hydrogen (secondary N) is 1. The summed E-state index contributed by atoms with van der Waals surface area (Å²) >= 11 is 5.94. The molecular weight excluding hydrogens is 355 g/mol. The van der Waals surface area contributed by atoms with Crippen LogP contribution in [0.4, 0.5) is 10.1 Å². The van der Waals surface area contributed by atoms with Gasteiger partial charge in [0.15, 0.2) is 0 Å². The van der Waals surface area contributed by atoms with Crippen molar-refractivity contribution in [3.8, 4) is 0 Å². The van der Waals surface area contributed by atoms with Gasteiger partial charge in [0, 0.05) is 7.05 Å². The van der Waals surface area contributed by atoms with Crippen LogP contribution in [0.5, 0.6) is 0 Å². The number of halogens is 2. The molecule has 0 unspecified atom stereocenters. The van der Waals surface area contributed by atoms with Crippen LogP contribution in [0.2, 0.25) is 5.02 Å². The molecule has 2 aromatic carbocycles. The number of benzene rings is 2. The average molecular weight is 371 g/mol. The van der Waals surface area contributed by atoms with Crippen LogP contribution in [0.3, 0.4) is 0 Å². The maximum atomic E-state index is 12.9. The maximum Gasteiger partial charge on any atom is 0.239 e. The van der Waals surface area contributed by atoms with Gasteiger partial charge in [-0.05, 0) is 29.8 Å². The van der Waals surface area contributed by atoms with Crippen molar-refractivity contribution >= 4 is 33.2 Å². The summed E-state index contributed by atoms with van der Waals surface area (Å²) in [6.07, 6.45) is 0. The Morgan fingerprint density at radius 2 is 1.79 bits per heavy atom. The zero-order valence-corrected chi connectivity index (χ0v) is 14.4. The van der Waals surface area contributed by atoms with E-state index >= 15 is 0 Å². The summed E-state index contributed by atoms with van der Waals surface area (Å²) in [6.45, 7) is -0.352. The Labute approximate surface area is 145 Å². The van der Waals surface area contributed by atoms with E-state index in [1.165, 1.54) is 31.3 Å². The van der Waals surface area contributed by atoms with E-state index in [0.29, 0.717) is 16.3 Å². The second kappa shape index (κ2) is 7.74. The Morgan fingerprint density at radius 3 is 2.42 bits per heavy atom. The first-order valence-electron chi connectivity index (χ1n) is 7.01. The van der Waals surface area contributed by atoms with Gasteiger partial charge < -0.3 is 5.32 Å². The lowest BCUT2D eigenvalue weighted by Crippen LogP contribution is -2.35. The summed E-state index contributed by atoms with van der Waals surface area (Å²) in [4.78, 5) is 12.0. The van der Waals surface area contributed by atoms with Gasteiger partial charge in [-0.3, -0.25) is 4.79 Å². The van der Waals surface area contributed by atoms with Crippen molar-refractivity contribution in [3.63, 3.8) is 0 Å². The smallest absolute Gasteiger partial charge is 0.239 e. The SMILES string of the molecule is CN(CC(=O)Nc1ccccc1Cl)S(=O)(=O)Cc1ccc(F)cc1. The summed E-state index contributed by atoms with van der Waals surface area (Å²) in [5.74, 6) is -1.26. The number of para-hydroxylation sites is 1. The minimum Gasteiger partial charge on any atom is -0.324 e. The third-order valence-corrected chi connectivity index (χ3v) is 5.36. The predicted molar refractivity (Wildman–Crippen MR) is 91.7 cm³/mol. The third-order valence-electron chi connectivity index (χ3n) is 3.25. The number of hydrogen-bond acceptors (Lipinski definition) is 3. The van der Waals surface area contributed by atoms with Crippen LogP contribution in [-0.4, -0.2) is 32.2 Å². The standard InChI is InChI=1S/C16H16ClFN2O3S/c1-20(10-16(21)19-15-5-3-2-4-14(15)17)24(22,23)11-12-6-8-13(18)9-7-12/h2-9H,10-11H2,1H3,(H,19,21). The first-order valence-corrected chi connectivity index (χ1v) is 8.99. The lowest BCUT2D eigenvalue weighted by molar-refractivity contribution is -0.116. The van der Waals surface area contributed by atoms with Crippen molar-refractivity contribution in [1.29, 1.82) is 0 Å². The number of hydrogen-bond donors (Lipinski definition) is 1. The van der Waals surface area contributed by atoms with Gasteiger partial charge in [0.1, 0.15) is 5.82 Å². The topological polar surface area (TPSA) is 66.5 Å². The van der Waals surface area contributed by atoms with Crippen LogP contribution in [-0.2, 0) is 20.6 Å². The summed E-state index contributed by atoms with van der Waals surface area (Å²) in [5, 5.41) is 2.92. The number of amides is 1. The molecule has 0 aliphatic carbocycles. The minimum atomic E-state index is -3.71. The number of carbonyl (C=O) groups is 1. The quantitative estimate of drug-likeness (QED) is 0.850. The summed E-state index contributed by atoms with van der Waals surface area (Å²) < 4.78 is 38.3. The third kappa shape index (κ3) is 5.02. The molecule has 0 aliphatic rings. The van der Waals surface area contributed by atoms with Crippen LogP contribution < -0.4 is 5.32 Å². The van der Waals surface area contributed by atoms with Gasteiger partial charge >= 0.3 is 0 Å². The Morgan fingerprint density at radius 1 is 1.17 bits per heavy atom. The molecule has 0 saturated carbocycles. The number of carbonyl (C=O) groups excluding carboxylic acids is 1. The Hall–Kier alpha value is -1.96.